The molecule has 0 aliphatic carbocycles. The van der Waals surface area contributed by atoms with Crippen molar-refractivity contribution in [3.05, 3.63) is 28.8 Å². The molecule has 0 radical (unpaired) electrons. The monoisotopic (exact) mass is 295 g/mol. The first kappa shape index (κ1) is 15.6. The van der Waals surface area contributed by atoms with Crippen molar-refractivity contribution in [1.82, 2.24) is 10.2 Å². The number of nitrogens with one attached hydrogen (secondary N) is 1. The highest BCUT2D eigenvalue weighted by molar-refractivity contribution is 6.31. The number of anilines is 1. The molecule has 1 saturated heterocycles. The summed E-state index contributed by atoms with van der Waals surface area (Å²) in [7, 11) is 4.38. The van der Waals surface area contributed by atoms with Crippen LogP contribution < -0.4 is 10.2 Å². The minimum atomic E-state index is 0.587. The number of halogens is 1. The van der Waals surface area contributed by atoms with Gasteiger partial charge >= 0.3 is 0 Å². The van der Waals surface area contributed by atoms with Crippen molar-refractivity contribution in [3.63, 3.8) is 0 Å². The average molecular weight is 296 g/mol. The van der Waals surface area contributed by atoms with E-state index in [1.165, 1.54) is 30.6 Å². The van der Waals surface area contributed by atoms with Gasteiger partial charge in [-0.15, -0.1) is 0 Å². The minimum Gasteiger partial charge on any atom is -0.370 e. The quantitative estimate of drug-likeness (QED) is 0.901. The zero-order chi connectivity index (χ0) is 14.5. The molecule has 1 atom stereocenters. The molecular weight excluding hydrogens is 270 g/mol. The molecule has 4 heteroatoms. The molecular formula is C16H26ClN3. The molecule has 1 fully saturated rings. The minimum absolute atomic E-state index is 0.587. The molecule has 1 aliphatic rings. The van der Waals surface area contributed by atoms with Gasteiger partial charge in [0.05, 0.1) is 0 Å². The zero-order valence-electron chi connectivity index (χ0n) is 12.8. The first-order valence-corrected chi connectivity index (χ1v) is 7.90. The summed E-state index contributed by atoms with van der Waals surface area (Å²) >= 11 is 6.40. The highest BCUT2D eigenvalue weighted by Crippen LogP contribution is 2.26. The number of benzene rings is 1. The summed E-state index contributed by atoms with van der Waals surface area (Å²) in [6, 6.07) is 7.02. The van der Waals surface area contributed by atoms with Crippen LogP contribution in [0.2, 0.25) is 5.02 Å². The van der Waals surface area contributed by atoms with Crippen molar-refractivity contribution in [1.29, 1.82) is 0 Å². The number of hydrogen-bond donors (Lipinski definition) is 1. The molecule has 0 bridgehead atoms. The second kappa shape index (κ2) is 7.30. The Bertz CT molecular complexity index is 436. The Balaban J connectivity index is 2.06. The molecule has 0 amide bonds. The lowest BCUT2D eigenvalue weighted by atomic mass is 10.0. The lowest BCUT2D eigenvalue weighted by Crippen LogP contribution is -2.45. The van der Waals surface area contributed by atoms with E-state index in [4.69, 9.17) is 11.6 Å². The number of likely N-dealkylation sites (tertiary alicyclic amines) is 1. The Hall–Kier alpha value is -0.770. The van der Waals surface area contributed by atoms with Crippen LogP contribution in [0.15, 0.2) is 18.2 Å². The average Bonchev–Trinajstić information content (AvgIpc) is 2.45. The van der Waals surface area contributed by atoms with Crippen molar-refractivity contribution >= 4 is 17.3 Å². The highest BCUT2D eigenvalue weighted by atomic mass is 35.5. The number of nitrogens with zero attached hydrogens (tertiary/aromatic N) is 2. The van der Waals surface area contributed by atoms with Gasteiger partial charge < -0.3 is 15.1 Å². The van der Waals surface area contributed by atoms with Crippen molar-refractivity contribution in [2.45, 2.75) is 32.4 Å². The van der Waals surface area contributed by atoms with Crippen LogP contribution in [0, 0.1) is 0 Å². The van der Waals surface area contributed by atoms with E-state index in [-0.39, 0.29) is 0 Å². The molecule has 1 heterocycles. The van der Waals surface area contributed by atoms with Gasteiger partial charge in [0.25, 0.3) is 0 Å². The van der Waals surface area contributed by atoms with Gasteiger partial charge in [0.2, 0.25) is 0 Å². The molecule has 0 saturated carbocycles. The first-order chi connectivity index (χ1) is 9.61. The van der Waals surface area contributed by atoms with Gasteiger partial charge in [0, 0.05) is 36.9 Å². The van der Waals surface area contributed by atoms with E-state index in [2.05, 4.69) is 54.3 Å². The molecule has 20 heavy (non-hydrogen) atoms. The van der Waals surface area contributed by atoms with E-state index in [1.807, 2.05) is 0 Å². The SMILES string of the molecule is CCNCc1ccc(N(C)C2CCCN(C)C2)cc1Cl. The predicted molar refractivity (Wildman–Crippen MR) is 87.8 cm³/mol. The molecule has 1 unspecified atom stereocenters. The van der Waals surface area contributed by atoms with Crippen LogP contribution in [0.5, 0.6) is 0 Å². The topological polar surface area (TPSA) is 18.5 Å². The highest BCUT2D eigenvalue weighted by Gasteiger charge is 2.21. The third-order valence-electron chi connectivity index (χ3n) is 4.16. The van der Waals surface area contributed by atoms with Crippen molar-refractivity contribution < 1.29 is 0 Å². The van der Waals surface area contributed by atoms with Gasteiger partial charge in [-0.3, -0.25) is 0 Å². The molecule has 1 aliphatic heterocycles. The Morgan fingerprint density at radius 1 is 1.45 bits per heavy atom. The van der Waals surface area contributed by atoms with E-state index in [0.717, 1.165) is 24.7 Å². The molecule has 0 aromatic heterocycles. The molecule has 3 nitrogen and oxygen atoms in total. The van der Waals surface area contributed by atoms with Gasteiger partial charge in [-0.2, -0.15) is 0 Å². The van der Waals surface area contributed by atoms with Crippen molar-refractivity contribution in [2.24, 2.45) is 0 Å². The Labute approximate surface area is 127 Å². The summed E-state index contributed by atoms with van der Waals surface area (Å²) in [5, 5.41) is 4.18. The molecule has 0 spiro atoms. The summed E-state index contributed by atoms with van der Waals surface area (Å²) in [6.45, 7) is 6.26. The van der Waals surface area contributed by atoms with E-state index in [1.54, 1.807) is 0 Å². The molecule has 1 aromatic rings. The van der Waals surface area contributed by atoms with Crippen LogP contribution in [-0.2, 0) is 6.54 Å². The maximum atomic E-state index is 6.40. The van der Waals surface area contributed by atoms with Gasteiger partial charge in [0.15, 0.2) is 0 Å². The molecule has 1 aromatic carbocycles. The van der Waals surface area contributed by atoms with Crippen LogP contribution in [0.3, 0.4) is 0 Å². The van der Waals surface area contributed by atoms with E-state index in [9.17, 15) is 0 Å². The summed E-state index contributed by atoms with van der Waals surface area (Å²) < 4.78 is 0. The standard InChI is InChI=1S/C16H26ClN3/c1-4-18-11-13-7-8-14(10-16(13)17)20(3)15-6-5-9-19(2)12-15/h7-8,10,15,18H,4-6,9,11-12H2,1-3H3. The summed E-state index contributed by atoms with van der Waals surface area (Å²) in [6.07, 6.45) is 2.54. The van der Waals surface area contributed by atoms with Crippen LogP contribution in [0.1, 0.15) is 25.3 Å². The van der Waals surface area contributed by atoms with Crippen LogP contribution >= 0.6 is 11.6 Å². The van der Waals surface area contributed by atoms with Gasteiger partial charge in [-0.05, 0) is 50.7 Å². The maximum absolute atomic E-state index is 6.40. The Morgan fingerprint density at radius 2 is 2.25 bits per heavy atom. The second-order valence-electron chi connectivity index (χ2n) is 5.73. The Morgan fingerprint density at radius 3 is 2.90 bits per heavy atom. The first-order valence-electron chi connectivity index (χ1n) is 7.52. The third kappa shape index (κ3) is 3.87. The summed E-state index contributed by atoms with van der Waals surface area (Å²) in [5.74, 6) is 0. The van der Waals surface area contributed by atoms with Gasteiger partial charge in [-0.25, -0.2) is 0 Å². The molecule has 2 rings (SSSR count). The second-order valence-corrected chi connectivity index (χ2v) is 6.13. The van der Waals surface area contributed by atoms with Crippen LogP contribution in [0.4, 0.5) is 5.69 Å². The third-order valence-corrected chi connectivity index (χ3v) is 4.51. The molecule has 1 N–H and O–H groups in total. The fourth-order valence-electron chi connectivity index (χ4n) is 2.82. The summed E-state index contributed by atoms with van der Waals surface area (Å²) in [5.41, 5.74) is 2.39. The van der Waals surface area contributed by atoms with Crippen LogP contribution in [0.25, 0.3) is 0 Å². The largest absolute Gasteiger partial charge is 0.370 e. The van der Waals surface area contributed by atoms with Crippen LogP contribution in [-0.4, -0.2) is 44.7 Å². The maximum Gasteiger partial charge on any atom is 0.0471 e. The number of likely N-dealkylation sites (N-methyl/N-ethyl adjacent to an activating group) is 2. The normalized spacial score (nSPS) is 20.1. The fourth-order valence-corrected chi connectivity index (χ4v) is 3.07. The Kier molecular flexibility index (Phi) is 5.70. The number of rotatable bonds is 5. The lowest BCUT2D eigenvalue weighted by molar-refractivity contribution is 0.248. The number of piperidine rings is 1. The predicted octanol–water partition coefficient (Wildman–Crippen LogP) is 2.98. The van der Waals surface area contributed by atoms with Crippen molar-refractivity contribution in [2.75, 3.05) is 38.6 Å². The fraction of sp³-hybridized carbons (Fsp3) is 0.625. The van der Waals surface area contributed by atoms with E-state index >= 15 is 0 Å². The zero-order valence-corrected chi connectivity index (χ0v) is 13.6. The molecule has 112 valence electrons. The number of hydrogen-bond acceptors (Lipinski definition) is 3. The van der Waals surface area contributed by atoms with Gasteiger partial charge in [-0.1, -0.05) is 24.6 Å². The van der Waals surface area contributed by atoms with E-state index < -0.39 is 0 Å². The van der Waals surface area contributed by atoms with Gasteiger partial charge in [0.1, 0.15) is 0 Å². The smallest absolute Gasteiger partial charge is 0.0471 e. The lowest BCUT2D eigenvalue weighted by Gasteiger charge is -2.37. The van der Waals surface area contributed by atoms with Crippen molar-refractivity contribution in [3.8, 4) is 0 Å². The summed E-state index contributed by atoms with van der Waals surface area (Å²) in [4.78, 5) is 4.78. The van der Waals surface area contributed by atoms with E-state index in [0.29, 0.717) is 6.04 Å².